The maximum atomic E-state index is 10.0. The standard InChI is InChI=1S/C24H25N3O2/c1-5-19-12-20-9-10-21(13-22(20)27-23(19)28-3)24(2,16-25)14-17-7-6-8-18(11-17)15-26-29-4/h6-13,15H,5,14H2,1-4H3/b26-15+. The van der Waals surface area contributed by atoms with Crippen molar-refractivity contribution in [2.45, 2.75) is 32.1 Å². The van der Waals surface area contributed by atoms with Crippen molar-refractivity contribution >= 4 is 17.1 Å². The smallest absolute Gasteiger partial charge is 0.216 e. The largest absolute Gasteiger partial charge is 0.481 e. The summed E-state index contributed by atoms with van der Waals surface area (Å²) in [6.45, 7) is 4.04. The Hall–Kier alpha value is -3.39. The average Bonchev–Trinajstić information content (AvgIpc) is 2.76. The molecule has 0 spiro atoms. The van der Waals surface area contributed by atoms with Crippen molar-refractivity contribution in [2.75, 3.05) is 14.2 Å². The van der Waals surface area contributed by atoms with Gasteiger partial charge in [0.2, 0.25) is 5.88 Å². The molecule has 0 saturated carbocycles. The molecule has 0 N–H and O–H groups in total. The summed E-state index contributed by atoms with van der Waals surface area (Å²) < 4.78 is 5.44. The lowest BCUT2D eigenvalue weighted by Gasteiger charge is -2.23. The van der Waals surface area contributed by atoms with E-state index in [4.69, 9.17) is 9.57 Å². The van der Waals surface area contributed by atoms with Gasteiger partial charge in [0.15, 0.2) is 0 Å². The Morgan fingerprint density at radius 3 is 2.69 bits per heavy atom. The topological polar surface area (TPSA) is 67.5 Å². The van der Waals surface area contributed by atoms with Gasteiger partial charge in [0.1, 0.15) is 7.11 Å². The van der Waals surface area contributed by atoms with Crippen LogP contribution in [-0.4, -0.2) is 25.4 Å². The summed E-state index contributed by atoms with van der Waals surface area (Å²) in [7, 11) is 3.15. The zero-order valence-corrected chi connectivity index (χ0v) is 17.3. The van der Waals surface area contributed by atoms with Gasteiger partial charge in [0, 0.05) is 10.9 Å². The summed E-state index contributed by atoms with van der Waals surface area (Å²) in [5, 5.41) is 14.9. The van der Waals surface area contributed by atoms with E-state index in [1.807, 2.05) is 49.4 Å². The van der Waals surface area contributed by atoms with Crippen LogP contribution in [0.25, 0.3) is 10.9 Å². The molecule has 0 saturated heterocycles. The van der Waals surface area contributed by atoms with Gasteiger partial charge in [0.05, 0.1) is 30.3 Å². The maximum Gasteiger partial charge on any atom is 0.216 e. The number of pyridine rings is 1. The Kier molecular flexibility index (Phi) is 6.13. The Labute approximate surface area is 171 Å². The van der Waals surface area contributed by atoms with Crippen molar-refractivity contribution < 1.29 is 9.57 Å². The van der Waals surface area contributed by atoms with Crippen molar-refractivity contribution in [3.63, 3.8) is 0 Å². The minimum Gasteiger partial charge on any atom is -0.481 e. The number of benzene rings is 2. The second-order valence-corrected chi connectivity index (χ2v) is 7.20. The van der Waals surface area contributed by atoms with Crippen molar-refractivity contribution in [1.82, 2.24) is 4.98 Å². The number of hydrogen-bond donors (Lipinski definition) is 0. The number of hydrogen-bond acceptors (Lipinski definition) is 5. The maximum absolute atomic E-state index is 10.0. The van der Waals surface area contributed by atoms with Crippen molar-refractivity contribution in [2.24, 2.45) is 5.16 Å². The normalized spacial score (nSPS) is 13.2. The monoisotopic (exact) mass is 387 g/mol. The molecule has 3 rings (SSSR count). The van der Waals surface area contributed by atoms with Crippen molar-refractivity contribution in [3.05, 3.63) is 70.8 Å². The molecular formula is C24H25N3O2. The predicted molar refractivity (Wildman–Crippen MR) is 115 cm³/mol. The Morgan fingerprint density at radius 2 is 2.00 bits per heavy atom. The first-order chi connectivity index (χ1) is 14.0. The van der Waals surface area contributed by atoms with Gasteiger partial charge in [-0.15, -0.1) is 0 Å². The summed E-state index contributed by atoms with van der Waals surface area (Å²) in [6, 6.07) is 18.6. The highest BCUT2D eigenvalue weighted by atomic mass is 16.6. The third kappa shape index (κ3) is 4.38. The van der Waals surface area contributed by atoms with Crippen LogP contribution in [-0.2, 0) is 23.1 Å². The molecular weight excluding hydrogens is 362 g/mol. The van der Waals surface area contributed by atoms with E-state index in [2.05, 4.69) is 29.2 Å². The summed E-state index contributed by atoms with van der Waals surface area (Å²) in [5.41, 5.74) is 4.14. The second kappa shape index (κ2) is 8.74. The van der Waals surface area contributed by atoms with Crippen molar-refractivity contribution in [3.8, 4) is 11.9 Å². The summed E-state index contributed by atoms with van der Waals surface area (Å²) in [5.74, 6) is 0.640. The number of oxime groups is 1. The quantitative estimate of drug-likeness (QED) is 0.431. The lowest BCUT2D eigenvalue weighted by atomic mass is 9.78. The summed E-state index contributed by atoms with van der Waals surface area (Å²) in [6.07, 6.45) is 3.09. The van der Waals surface area contributed by atoms with Crippen LogP contribution in [0.1, 0.15) is 36.1 Å². The van der Waals surface area contributed by atoms with E-state index >= 15 is 0 Å². The highest BCUT2D eigenvalue weighted by molar-refractivity contribution is 5.81. The molecule has 1 aromatic heterocycles. The third-order valence-electron chi connectivity index (χ3n) is 5.13. The van der Waals surface area contributed by atoms with E-state index in [1.54, 1.807) is 13.3 Å². The lowest BCUT2D eigenvalue weighted by Crippen LogP contribution is -2.23. The number of fused-ring (bicyclic) bond motifs is 1. The first-order valence-electron chi connectivity index (χ1n) is 9.58. The number of methoxy groups -OCH3 is 1. The highest BCUT2D eigenvalue weighted by Crippen LogP contribution is 2.31. The Morgan fingerprint density at radius 1 is 1.17 bits per heavy atom. The van der Waals surface area contributed by atoms with E-state index in [9.17, 15) is 5.26 Å². The second-order valence-electron chi connectivity index (χ2n) is 7.20. The fraction of sp³-hybridized carbons (Fsp3) is 0.292. The van der Waals surface area contributed by atoms with Crippen LogP contribution in [0.5, 0.6) is 5.88 Å². The van der Waals surface area contributed by atoms with E-state index in [-0.39, 0.29) is 0 Å². The molecule has 5 nitrogen and oxygen atoms in total. The zero-order chi connectivity index (χ0) is 20.9. The van der Waals surface area contributed by atoms with Crippen LogP contribution < -0.4 is 4.74 Å². The van der Waals surface area contributed by atoms with Gasteiger partial charge in [-0.25, -0.2) is 4.98 Å². The third-order valence-corrected chi connectivity index (χ3v) is 5.13. The van der Waals surface area contributed by atoms with Crippen molar-refractivity contribution in [1.29, 1.82) is 5.26 Å². The molecule has 0 bridgehead atoms. The van der Waals surface area contributed by atoms with Crippen LogP contribution >= 0.6 is 0 Å². The Bertz CT molecular complexity index is 1090. The molecule has 5 heteroatoms. The minimum atomic E-state index is -0.691. The van der Waals surface area contributed by atoms with Gasteiger partial charge in [0.25, 0.3) is 0 Å². The summed E-state index contributed by atoms with van der Waals surface area (Å²) in [4.78, 5) is 9.42. The molecule has 0 amide bonds. The molecule has 29 heavy (non-hydrogen) atoms. The molecule has 0 aliphatic carbocycles. The van der Waals surface area contributed by atoms with Gasteiger partial charge in [-0.05, 0) is 48.6 Å². The van der Waals surface area contributed by atoms with Crippen LogP contribution in [0.3, 0.4) is 0 Å². The van der Waals surface area contributed by atoms with Gasteiger partial charge in [-0.1, -0.05) is 48.5 Å². The molecule has 0 radical (unpaired) electrons. The predicted octanol–water partition coefficient (Wildman–Crippen LogP) is 4.81. The van der Waals surface area contributed by atoms with E-state index < -0.39 is 5.41 Å². The van der Waals surface area contributed by atoms with Crippen LogP contribution in [0, 0.1) is 11.3 Å². The van der Waals surface area contributed by atoms with E-state index in [0.29, 0.717) is 12.3 Å². The minimum absolute atomic E-state index is 0.577. The highest BCUT2D eigenvalue weighted by Gasteiger charge is 2.27. The zero-order valence-electron chi connectivity index (χ0n) is 17.3. The number of ether oxygens (including phenoxy) is 1. The molecule has 0 aliphatic heterocycles. The van der Waals surface area contributed by atoms with Gasteiger partial charge >= 0.3 is 0 Å². The first kappa shape index (κ1) is 20.3. The number of aryl methyl sites for hydroxylation is 1. The SMILES string of the molecule is CCc1cc2ccc(C(C)(C#N)Cc3cccc(/C=N/OC)c3)cc2nc1OC. The van der Waals surface area contributed by atoms with E-state index in [0.717, 1.165) is 39.6 Å². The molecule has 3 aromatic rings. The molecule has 148 valence electrons. The Balaban J connectivity index is 1.99. The first-order valence-corrected chi connectivity index (χ1v) is 9.58. The number of nitriles is 1. The van der Waals surface area contributed by atoms with Gasteiger partial charge in [-0.3, -0.25) is 0 Å². The average molecular weight is 387 g/mol. The molecule has 1 atom stereocenters. The lowest BCUT2D eigenvalue weighted by molar-refractivity contribution is 0.215. The number of aromatic nitrogens is 1. The van der Waals surface area contributed by atoms with Crippen LogP contribution in [0.15, 0.2) is 53.7 Å². The molecule has 0 aliphatic rings. The number of nitrogens with zero attached hydrogens (tertiary/aromatic N) is 3. The van der Waals surface area contributed by atoms with E-state index in [1.165, 1.54) is 7.11 Å². The van der Waals surface area contributed by atoms with Gasteiger partial charge < -0.3 is 9.57 Å². The molecule has 0 fully saturated rings. The number of rotatable bonds is 7. The molecule has 1 unspecified atom stereocenters. The molecule has 2 aromatic carbocycles. The van der Waals surface area contributed by atoms with Crippen LogP contribution in [0.4, 0.5) is 0 Å². The van der Waals surface area contributed by atoms with Gasteiger partial charge in [-0.2, -0.15) is 5.26 Å². The van der Waals surface area contributed by atoms with Crippen LogP contribution in [0.2, 0.25) is 0 Å². The summed E-state index contributed by atoms with van der Waals surface area (Å²) >= 11 is 0. The molecule has 1 heterocycles. The fourth-order valence-corrected chi connectivity index (χ4v) is 3.48. The fourth-order valence-electron chi connectivity index (χ4n) is 3.48.